The van der Waals surface area contributed by atoms with Crippen molar-refractivity contribution < 1.29 is 18.0 Å². The number of anilines is 1. The van der Waals surface area contributed by atoms with Crippen molar-refractivity contribution in [1.82, 2.24) is 0 Å². The largest absolute Gasteiger partial charge is 0.418 e. The number of carbonyl (C=O) groups is 1. The molecule has 3 aromatic rings. The van der Waals surface area contributed by atoms with Crippen LogP contribution in [-0.2, 0) is 11.9 Å². The fourth-order valence-corrected chi connectivity index (χ4v) is 3.44. The molecule has 0 unspecified atom stereocenters. The number of amides is 1. The maximum absolute atomic E-state index is 13.0. The number of hydrogen-bond donors (Lipinski definition) is 1. The number of nitrogens with one attached hydrogen (secondary N) is 1. The van der Waals surface area contributed by atoms with Crippen molar-refractivity contribution in [2.75, 3.05) is 5.32 Å². The zero-order chi connectivity index (χ0) is 20.1. The monoisotopic (exact) mass is 401 g/mol. The second kappa shape index (κ2) is 8.52. The lowest BCUT2D eigenvalue weighted by atomic mass is 10.1. The van der Waals surface area contributed by atoms with Gasteiger partial charge >= 0.3 is 6.18 Å². The van der Waals surface area contributed by atoms with Gasteiger partial charge in [0.15, 0.2) is 0 Å². The second-order valence-electron chi connectivity index (χ2n) is 6.30. The number of carbonyl (C=O) groups excluding carboxylic acids is 1. The summed E-state index contributed by atoms with van der Waals surface area (Å²) in [7, 11) is 0. The van der Waals surface area contributed by atoms with Gasteiger partial charge in [-0.1, -0.05) is 42.0 Å². The molecule has 1 N–H and O–H groups in total. The van der Waals surface area contributed by atoms with Crippen LogP contribution in [0.3, 0.4) is 0 Å². The summed E-state index contributed by atoms with van der Waals surface area (Å²) in [5.41, 5.74) is 1.42. The molecule has 0 bridgehead atoms. The fraction of sp³-hybridized carbons (Fsp3) is 0.136. The van der Waals surface area contributed by atoms with Gasteiger partial charge in [0.1, 0.15) is 0 Å². The van der Waals surface area contributed by atoms with E-state index in [9.17, 15) is 18.0 Å². The van der Waals surface area contributed by atoms with Crippen molar-refractivity contribution in [3.63, 3.8) is 0 Å². The van der Waals surface area contributed by atoms with Crippen molar-refractivity contribution in [3.8, 4) is 0 Å². The van der Waals surface area contributed by atoms with E-state index < -0.39 is 17.6 Å². The third-order valence-electron chi connectivity index (χ3n) is 4.12. The van der Waals surface area contributed by atoms with E-state index in [1.54, 1.807) is 23.9 Å². The highest BCUT2D eigenvalue weighted by molar-refractivity contribution is 7.98. The van der Waals surface area contributed by atoms with E-state index in [1.807, 2.05) is 19.1 Å². The van der Waals surface area contributed by atoms with Crippen LogP contribution in [0.25, 0.3) is 0 Å². The summed E-state index contributed by atoms with van der Waals surface area (Å²) in [5.74, 6) is 0.163. The molecular formula is C22H18F3NOS. The van der Waals surface area contributed by atoms with Gasteiger partial charge in [0.2, 0.25) is 0 Å². The summed E-state index contributed by atoms with van der Waals surface area (Å²) in [4.78, 5) is 13.5. The first-order valence-corrected chi connectivity index (χ1v) is 9.57. The summed E-state index contributed by atoms with van der Waals surface area (Å²) >= 11 is 1.68. The SMILES string of the molecule is Cc1ccc(SCc2ccc(C(=O)Nc3ccccc3C(F)(F)F)cc2)cc1. The number of thioether (sulfide) groups is 1. The first kappa shape index (κ1) is 20.0. The van der Waals surface area contributed by atoms with Crippen molar-refractivity contribution in [1.29, 1.82) is 0 Å². The number of para-hydroxylation sites is 1. The standard InChI is InChI=1S/C22H18F3NOS/c1-15-6-12-18(13-7-15)28-14-16-8-10-17(11-9-16)21(27)26-20-5-3-2-4-19(20)22(23,24)25/h2-13H,14H2,1H3,(H,26,27). The molecule has 0 aliphatic carbocycles. The Kier molecular flexibility index (Phi) is 6.09. The normalized spacial score (nSPS) is 11.3. The zero-order valence-corrected chi connectivity index (χ0v) is 15.9. The van der Waals surface area contributed by atoms with Gasteiger partial charge in [-0.25, -0.2) is 0 Å². The summed E-state index contributed by atoms with van der Waals surface area (Å²) in [6.45, 7) is 2.03. The van der Waals surface area contributed by atoms with Gasteiger partial charge in [0.25, 0.3) is 5.91 Å². The molecule has 0 heterocycles. The predicted octanol–water partition coefficient (Wildman–Crippen LogP) is 6.56. The van der Waals surface area contributed by atoms with Crippen molar-refractivity contribution >= 4 is 23.4 Å². The lowest BCUT2D eigenvalue weighted by molar-refractivity contribution is -0.136. The minimum absolute atomic E-state index is 0.251. The number of rotatable bonds is 5. The highest BCUT2D eigenvalue weighted by atomic mass is 32.2. The molecule has 0 saturated heterocycles. The number of benzene rings is 3. The second-order valence-corrected chi connectivity index (χ2v) is 7.34. The van der Waals surface area contributed by atoms with Crippen LogP contribution in [0.5, 0.6) is 0 Å². The van der Waals surface area contributed by atoms with E-state index in [2.05, 4.69) is 29.6 Å². The van der Waals surface area contributed by atoms with Crippen molar-refractivity contribution in [2.45, 2.75) is 23.7 Å². The van der Waals surface area contributed by atoms with Crippen LogP contribution >= 0.6 is 11.8 Å². The Bertz CT molecular complexity index is 951. The summed E-state index contributed by atoms with van der Waals surface area (Å²) in [6, 6.07) is 20.0. The van der Waals surface area contributed by atoms with Gasteiger partial charge in [0.05, 0.1) is 11.3 Å². The predicted molar refractivity (Wildman–Crippen MR) is 107 cm³/mol. The summed E-state index contributed by atoms with van der Waals surface area (Å²) in [5, 5.41) is 2.35. The molecule has 0 fully saturated rings. The van der Waals surface area contributed by atoms with E-state index in [0.29, 0.717) is 5.56 Å². The third kappa shape index (κ3) is 5.16. The van der Waals surface area contributed by atoms with Gasteiger partial charge in [-0.15, -0.1) is 11.8 Å². The minimum atomic E-state index is -4.53. The zero-order valence-electron chi connectivity index (χ0n) is 15.1. The number of hydrogen-bond acceptors (Lipinski definition) is 2. The summed E-state index contributed by atoms with van der Waals surface area (Å²) < 4.78 is 39.1. The molecule has 0 atom stereocenters. The van der Waals surface area contributed by atoms with Gasteiger partial charge in [-0.3, -0.25) is 4.79 Å². The minimum Gasteiger partial charge on any atom is -0.321 e. The maximum Gasteiger partial charge on any atom is 0.418 e. The molecule has 3 rings (SSSR count). The Balaban J connectivity index is 1.65. The van der Waals surface area contributed by atoms with E-state index in [-0.39, 0.29) is 5.69 Å². The molecule has 0 aliphatic heterocycles. The first-order chi connectivity index (χ1) is 13.3. The average molecular weight is 401 g/mol. The van der Waals surface area contributed by atoms with Crippen LogP contribution in [0.15, 0.2) is 77.7 Å². The molecule has 28 heavy (non-hydrogen) atoms. The van der Waals surface area contributed by atoms with Crippen LogP contribution < -0.4 is 5.32 Å². The Morgan fingerprint density at radius 1 is 0.929 bits per heavy atom. The van der Waals surface area contributed by atoms with Gasteiger partial charge in [-0.05, 0) is 48.9 Å². The Hall–Kier alpha value is -2.73. The van der Waals surface area contributed by atoms with E-state index in [4.69, 9.17) is 0 Å². The van der Waals surface area contributed by atoms with Gasteiger partial charge in [0, 0.05) is 16.2 Å². The smallest absolute Gasteiger partial charge is 0.321 e. The van der Waals surface area contributed by atoms with Crippen molar-refractivity contribution in [2.24, 2.45) is 0 Å². The Morgan fingerprint density at radius 3 is 2.21 bits per heavy atom. The molecule has 0 aliphatic rings. The Labute approximate surface area is 165 Å². The topological polar surface area (TPSA) is 29.1 Å². The molecule has 3 aromatic carbocycles. The van der Waals surface area contributed by atoms with Gasteiger partial charge in [-0.2, -0.15) is 13.2 Å². The molecule has 0 radical (unpaired) electrons. The van der Waals surface area contributed by atoms with Crippen LogP contribution in [-0.4, -0.2) is 5.91 Å². The fourth-order valence-electron chi connectivity index (χ4n) is 2.59. The molecule has 6 heteroatoms. The third-order valence-corrected chi connectivity index (χ3v) is 5.21. The van der Waals surface area contributed by atoms with E-state index in [0.717, 1.165) is 22.3 Å². The summed E-state index contributed by atoms with van der Waals surface area (Å²) in [6.07, 6.45) is -4.53. The van der Waals surface area contributed by atoms with Crippen LogP contribution in [0.2, 0.25) is 0 Å². The van der Waals surface area contributed by atoms with Crippen molar-refractivity contribution in [3.05, 3.63) is 95.1 Å². The highest BCUT2D eigenvalue weighted by Crippen LogP contribution is 2.34. The number of alkyl halides is 3. The number of aryl methyl sites for hydroxylation is 1. The lowest BCUT2D eigenvalue weighted by Crippen LogP contribution is -2.16. The Morgan fingerprint density at radius 2 is 1.57 bits per heavy atom. The molecule has 1 amide bonds. The van der Waals surface area contributed by atoms with Crippen LogP contribution in [0, 0.1) is 6.92 Å². The van der Waals surface area contributed by atoms with Crippen LogP contribution in [0.4, 0.5) is 18.9 Å². The molecule has 0 saturated carbocycles. The maximum atomic E-state index is 13.0. The lowest BCUT2D eigenvalue weighted by Gasteiger charge is -2.13. The molecule has 2 nitrogen and oxygen atoms in total. The van der Waals surface area contributed by atoms with E-state index in [1.165, 1.54) is 23.8 Å². The molecule has 0 spiro atoms. The molecule has 0 aromatic heterocycles. The highest BCUT2D eigenvalue weighted by Gasteiger charge is 2.33. The van der Waals surface area contributed by atoms with E-state index >= 15 is 0 Å². The van der Waals surface area contributed by atoms with Crippen LogP contribution in [0.1, 0.15) is 27.0 Å². The molecular weight excluding hydrogens is 383 g/mol. The van der Waals surface area contributed by atoms with Gasteiger partial charge < -0.3 is 5.32 Å². The first-order valence-electron chi connectivity index (χ1n) is 8.59. The quantitative estimate of drug-likeness (QED) is 0.491. The molecule has 144 valence electrons. The average Bonchev–Trinajstić information content (AvgIpc) is 2.67. The number of halogens is 3.